The van der Waals surface area contributed by atoms with Crippen LogP contribution in [0.4, 0.5) is 5.69 Å². The fraction of sp³-hybridized carbons (Fsp3) is 0.105. The predicted molar refractivity (Wildman–Crippen MR) is 101 cm³/mol. The lowest BCUT2D eigenvalue weighted by atomic mass is 10.1. The fourth-order valence-corrected chi connectivity index (χ4v) is 2.58. The standard InChI is InChI=1S/C19H16BrN3O2/c1-12-3-6-15(11-13(12)2)21-19(25)18-17(24)9-10-23(22-18)16-7-4-14(20)5-8-16/h3-11H,1-2H3,(H,21,25). The molecule has 0 unspecified atom stereocenters. The summed E-state index contributed by atoms with van der Waals surface area (Å²) in [4.78, 5) is 24.5. The van der Waals surface area contributed by atoms with Crippen LogP contribution in [0.25, 0.3) is 5.69 Å². The number of nitrogens with one attached hydrogen (secondary N) is 1. The first-order valence-corrected chi connectivity index (χ1v) is 8.48. The molecular formula is C19H16BrN3O2. The fourth-order valence-electron chi connectivity index (χ4n) is 2.31. The van der Waals surface area contributed by atoms with Gasteiger partial charge in [0.05, 0.1) is 5.69 Å². The van der Waals surface area contributed by atoms with Crippen LogP contribution in [0.1, 0.15) is 21.6 Å². The highest BCUT2D eigenvalue weighted by Gasteiger charge is 2.14. The summed E-state index contributed by atoms with van der Waals surface area (Å²) in [7, 11) is 0. The second-order valence-electron chi connectivity index (χ2n) is 5.70. The summed E-state index contributed by atoms with van der Waals surface area (Å²) in [6.07, 6.45) is 1.54. The van der Waals surface area contributed by atoms with Crippen LogP contribution in [0.5, 0.6) is 0 Å². The van der Waals surface area contributed by atoms with E-state index < -0.39 is 11.3 Å². The minimum absolute atomic E-state index is 0.149. The Morgan fingerprint density at radius 1 is 1.04 bits per heavy atom. The molecule has 3 rings (SSSR count). The van der Waals surface area contributed by atoms with Gasteiger partial charge in [-0.2, -0.15) is 5.10 Å². The minimum atomic E-state index is -0.528. The third-order valence-corrected chi connectivity index (χ3v) is 4.41. The summed E-state index contributed by atoms with van der Waals surface area (Å²) in [5.41, 5.74) is 3.01. The molecule has 0 aliphatic heterocycles. The van der Waals surface area contributed by atoms with Gasteiger partial charge in [0.2, 0.25) is 5.43 Å². The van der Waals surface area contributed by atoms with Crippen molar-refractivity contribution in [1.29, 1.82) is 0 Å². The van der Waals surface area contributed by atoms with E-state index >= 15 is 0 Å². The molecule has 25 heavy (non-hydrogen) atoms. The Bertz CT molecular complexity index is 994. The molecule has 126 valence electrons. The molecular weight excluding hydrogens is 382 g/mol. The Kier molecular flexibility index (Phi) is 4.81. The number of anilines is 1. The van der Waals surface area contributed by atoms with Gasteiger partial charge >= 0.3 is 0 Å². The molecule has 0 spiro atoms. The summed E-state index contributed by atoms with van der Waals surface area (Å²) < 4.78 is 2.44. The second-order valence-corrected chi connectivity index (χ2v) is 6.62. The van der Waals surface area contributed by atoms with E-state index in [9.17, 15) is 9.59 Å². The van der Waals surface area contributed by atoms with Gasteiger partial charge in [-0.15, -0.1) is 0 Å². The van der Waals surface area contributed by atoms with Gasteiger partial charge < -0.3 is 5.32 Å². The van der Waals surface area contributed by atoms with Crippen LogP contribution in [0.15, 0.2) is 64.0 Å². The van der Waals surface area contributed by atoms with Gasteiger partial charge in [0.25, 0.3) is 5.91 Å². The van der Waals surface area contributed by atoms with Crippen molar-refractivity contribution in [2.75, 3.05) is 5.32 Å². The first-order chi connectivity index (χ1) is 11.9. The Morgan fingerprint density at radius 3 is 2.44 bits per heavy atom. The zero-order valence-corrected chi connectivity index (χ0v) is 15.4. The largest absolute Gasteiger partial charge is 0.320 e. The molecule has 3 aromatic rings. The number of carbonyl (C=O) groups excluding carboxylic acids is 1. The van der Waals surface area contributed by atoms with Gasteiger partial charge in [-0.3, -0.25) is 9.59 Å². The lowest BCUT2D eigenvalue weighted by Crippen LogP contribution is -2.25. The molecule has 1 amide bonds. The van der Waals surface area contributed by atoms with Crippen molar-refractivity contribution in [1.82, 2.24) is 9.78 Å². The summed E-state index contributed by atoms with van der Waals surface area (Å²) in [5, 5.41) is 6.92. The maximum Gasteiger partial charge on any atom is 0.280 e. The van der Waals surface area contributed by atoms with E-state index in [-0.39, 0.29) is 5.69 Å². The van der Waals surface area contributed by atoms with Crippen molar-refractivity contribution in [3.8, 4) is 5.69 Å². The highest BCUT2D eigenvalue weighted by atomic mass is 79.9. The molecule has 0 aliphatic rings. The van der Waals surface area contributed by atoms with Gasteiger partial charge in [-0.05, 0) is 61.4 Å². The molecule has 0 atom stereocenters. The van der Waals surface area contributed by atoms with Crippen molar-refractivity contribution < 1.29 is 4.79 Å². The highest BCUT2D eigenvalue weighted by Crippen LogP contribution is 2.15. The zero-order valence-electron chi connectivity index (χ0n) is 13.8. The first kappa shape index (κ1) is 17.1. The lowest BCUT2D eigenvalue weighted by Gasteiger charge is -2.09. The second kappa shape index (κ2) is 7.03. The Hall–Kier alpha value is -2.73. The number of halogens is 1. The van der Waals surface area contributed by atoms with E-state index in [2.05, 4.69) is 26.3 Å². The van der Waals surface area contributed by atoms with Gasteiger partial charge in [0.1, 0.15) is 0 Å². The van der Waals surface area contributed by atoms with Crippen molar-refractivity contribution in [3.63, 3.8) is 0 Å². The van der Waals surface area contributed by atoms with Gasteiger partial charge in [0.15, 0.2) is 5.69 Å². The number of benzene rings is 2. The summed E-state index contributed by atoms with van der Waals surface area (Å²) in [6.45, 7) is 3.96. The number of carbonyl (C=O) groups is 1. The number of amides is 1. The molecule has 1 heterocycles. The number of rotatable bonds is 3. The van der Waals surface area contributed by atoms with Crippen molar-refractivity contribution in [2.24, 2.45) is 0 Å². The lowest BCUT2D eigenvalue weighted by molar-refractivity contribution is 0.101. The molecule has 6 heteroatoms. The van der Waals surface area contributed by atoms with Crippen LogP contribution in [0, 0.1) is 13.8 Å². The number of hydrogen-bond acceptors (Lipinski definition) is 3. The van der Waals surface area contributed by atoms with Crippen LogP contribution in [0.3, 0.4) is 0 Å². The van der Waals surface area contributed by atoms with Gasteiger partial charge in [-0.1, -0.05) is 22.0 Å². The van der Waals surface area contributed by atoms with Crippen LogP contribution in [-0.4, -0.2) is 15.7 Å². The third-order valence-electron chi connectivity index (χ3n) is 3.88. The van der Waals surface area contributed by atoms with E-state index in [1.807, 2.05) is 50.2 Å². The molecule has 0 saturated carbocycles. The maximum absolute atomic E-state index is 12.5. The summed E-state index contributed by atoms with van der Waals surface area (Å²) in [6, 6.07) is 14.3. The average molecular weight is 398 g/mol. The predicted octanol–water partition coefficient (Wildman–Crippen LogP) is 3.86. The number of aromatic nitrogens is 2. The summed E-state index contributed by atoms with van der Waals surface area (Å²) in [5.74, 6) is -0.528. The molecule has 0 fully saturated rings. The molecule has 0 radical (unpaired) electrons. The average Bonchev–Trinajstić information content (AvgIpc) is 2.59. The Labute approximate surface area is 153 Å². The van der Waals surface area contributed by atoms with Crippen molar-refractivity contribution in [3.05, 3.63) is 86.2 Å². The SMILES string of the molecule is Cc1ccc(NC(=O)c2nn(-c3ccc(Br)cc3)ccc2=O)cc1C. The van der Waals surface area contributed by atoms with E-state index in [0.717, 1.165) is 21.3 Å². The van der Waals surface area contributed by atoms with Gasteiger partial charge in [-0.25, -0.2) is 4.68 Å². The maximum atomic E-state index is 12.5. The molecule has 2 aromatic carbocycles. The molecule has 1 N–H and O–H groups in total. The third kappa shape index (κ3) is 3.85. The van der Waals surface area contributed by atoms with Crippen LogP contribution in [-0.2, 0) is 0 Å². The molecule has 0 bridgehead atoms. The van der Waals surface area contributed by atoms with Crippen molar-refractivity contribution in [2.45, 2.75) is 13.8 Å². The van der Waals surface area contributed by atoms with Crippen LogP contribution < -0.4 is 10.7 Å². The minimum Gasteiger partial charge on any atom is -0.320 e. The number of nitrogens with zero attached hydrogens (tertiary/aromatic N) is 2. The van der Waals surface area contributed by atoms with Crippen molar-refractivity contribution >= 4 is 27.5 Å². The molecule has 0 saturated heterocycles. The zero-order chi connectivity index (χ0) is 18.0. The Balaban J connectivity index is 1.91. The topological polar surface area (TPSA) is 64.0 Å². The normalized spacial score (nSPS) is 10.5. The molecule has 1 aromatic heterocycles. The van der Waals surface area contributed by atoms with Crippen LogP contribution >= 0.6 is 15.9 Å². The molecule has 5 nitrogen and oxygen atoms in total. The summed E-state index contributed by atoms with van der Waals surface area (Å²) >= 11 is 3.37. The van der Waals surface area contributed by atoms with E-state index in [4.69, 9.17) is 0 Å². The number of aryl methyl sites for hydroxylation is 2. The monoisotopic (exact) mass is 397 g/mol. The highest BCUT2D eigenvalue weighted by molar-refractivity contribution is 9.10. The first-order valence-electron chi connectivity index (χ1n) is 7.68. The molecule has 0 aliphatic carbocycles. The van der Waals surface area contributed by atoms with E-state index in [1.165, 1.54) is 10.7 Å². The quantitative estimate of drug-likeness (QED) is 0.729. The number of hydrogen-bond donors (Lipinski definition) is 1. The van der Waals surface area contributed by atoms with E-state index in [1.54, 1.807) is 12.3 Å². The Morgan fingerprint density at radius 2 is 1.76 bits per heavy atom. The smallest absolute Gasteiger partial charge is 0.280 e. The van der Waals surface area contributed by atoms with Crippen LogP contribution in [0.2, 0.25) is 0 Å². The van der Waals surface area contributed by atoms with E-state index in [0.29, 0.717) is 5.69 Å². The van der Waals surface area contributed by atoms with Gasteiger partial charge in [0, 0.05) is 22.4 Å².